The van der Waals surface area contributed by atoms with Crippen LogP contribution in [0.15, 0.2) is 0 Å². The summed E-state index contributed by atoms with van der Waals surface area (Å²) in [5.41, 5.74) is -0.937. The predicted octanol–water partition coefficient (Wildman–Crippen LogP) is 0.342. The summed E-state index contributed by atoms with van der Waals surface area (Å²) in [6, 6.07) is -1.50. The lowest BCUT2D eigenvalue weighted by atomic mass is 10.2. The minimum Gasteiger partial charge on any atom is -0.480 e. The van der Waals surface area contributed by atoms with E-state index < -0.39 is 34.0 Å². The third-order valence-corrected chi connectivity index (χ3v) is 3.36. The van der Waals surface area contributed by atoms with Crippen LogP contribution in [0.4, 0.5) is 4.79 Å². The standard InChI is InChI=1S/C9H15NO7S/c1-9(2,3)17-8(13)10-6(7(11)12)4-5-16-18(10,14)15/h6H,4-5H2,1-3H3,(H,11,12)/t6-/m0/s1. The van der Waals surface area contributed by atoms with Gasteiger partial charge in [-0.15, -0.1) is 0 Å². The second-order valence-electron chi connectivity index (χ2n) is 4.70. The molecular weight excluding hydrogens is 266 g/mol. The maximum atomic E-state index is 11.7. The van der Waals surface area contributed by atoms with Gasteiger partial charge in [-0.3, -0.25) is 4.18 Å². The van der Waals surface area contributed by atoms with Gasteiger partial charge in [0, 0.05) is 6.42 Å². The van der Waals surface area contributed by atoms with Gasteiger partial charge in [-0.05, 0) is 20.8 Å². The van der Waals surface area contributed by atoms with Crippen molar-refractivity contribution in [3.05, 3.63) is 0 Å². The molecule has 0 bridgehead atoms. The van der Waals surface area contributed by atoms with E-state index in [1.165, 1.54) is 20.8 Å². The molecule has 1 heterocycles. The molecule has 1 fully saturated rings. The van der Waals surface area contributed by atoms with Crippen molar-refractivity contribution in [2.45, 2.75) is 38.8 Å². The Kier molecular flexibility index (Phi) is 3.86. The van der Waals surface area contributed by atoms with Crippen LogP contribution in [0.25, 0.3) is 0 Å². The molecule has 18 heavy (non-hydrogen) atoms. The van der Waals surface area contributed by atoms with Crippen molar-refractivity contribution < 1.29 is 32.0 Å². The van der Waals surface area contributed by atoms with Gasteiger partial charge >= 0.3 is 22.4 Å². The third kappa shape index (κ3) is 3.33. The highest BCUT2D eigenvalue weighted by Gasteiger charge is 2.45. The Morgan fingerprint density at radius 2 is 1.94 bits per heavy atom. The number of aliphatic carboxylic acids is 1. The fourth-order valence-corrected chi connectivity index (χ4v) is 2.49. The van der Waals surface area contributed by atoms with Crippen LogP contribution in [0.3, 0.4) is 0 Å². The van der Waals surface area contributed by atoms with E-state index in [-0.39, 0.29) is 17.3 Å². The van der Waals surface area contributed by atoms with Gasteiger partial charge in [0.2, 0.25) is 0 Å². The van der Waals surface area contributed by atoms with Crippen molar-refractivity contribution in [3.63, 3.8) is 0 Å². The first-order valence-corrected chi connectivity index (χ1v) is 6.56. The first kappa shape index (κ1) is 14.7. The van der Waals surface area contributed by atoms with Gasteiger partial charge in [-0.1, -0.05) is 0 Å². The maximum Gasteiger partial charge on any atom is 0.426 e. The number of carboxylic acid groups (broad SMARTS) is 1. The molecule has 0 aromatic rings. The third-order valence-electron chi connectivity index (χ3n) is 2.01. The van der Waals surface area contributed by atoms with E-state index in [1.807, 2.05) is 0 Å². The van der Waals surface area contributed by atoms with E-state index in [9.17, 15) is 18.0 Å². The summed E-state index contributed by atoms with van der Waals surface area (Å²) in [5.74, 6) is -1.42. The van der Waals surface area contributed by atoms with Gasteiger partial charge < -0.3 is 9.84 Å². The average molecular weight is 281 g/mol. The highest BCUT2D eigenvalue weighted by Crippen LogP contribution is 2.22. The number of carbonyl (C=O) groups is 2. The fourth-order valence-electron chi connectivity index (χ4n) is 1.34. The van der Waals surface area contributed by atoms with Crippen molar-refractivity contribution >= 4 is 22.4 Å². The average Bonchev–Trinajstić information content (AvgIpc) is 2.12. The van der Waals surface area contributed by atoms with E-state index >= 15 is 0 Å². The minimum absolute atomic E-state index is 0.117. The fraction of sp³-hybridized carbons (Fsp3) is 0.778. The van der Waals surface area contributed by atoms with E-state index in [0.717, 1.165) is 0 Å². The second kappa shape index (κ2) is 4.73. The van der Waals surface area contributed by atoms with Gasteiger partial charge in [0.15, 0.2) is 6.04 Å². The number of amides is 1. The number of hydrogen-bond acceptors (Lipinski definition) is 6. The highest BCUT2D eigenvalue weighted by atomic mass is 32.2. The van der Waals surface area contributed by atoms with Crippen molar-refractivity contribution in [1.29, 1.82) is 0 Å². The second-order valence-corrected chi connectivity index (χ2v) is 6.18. The van der Waals surface area contributed by atoms with Gasteiger partial charge in [-0.25, -0.2) is 9.59 Å². The molecular formula is C9H15NO7S. The molecule has 1 saturated heterocycles. The van der Waals surface area contributed by atoms with Crippen LogP contribution in [0.5, 0.6) is 0 Å². The molecule has 0 spiro atoms. The first-order chi connectivity index (χ1) is 8.04. The summed E-state index contributed by atoms with van der Waals surface area (Å²) in [4.78, 5) is 22.7. The van der Waals surface area contributed by atoms with Crippen molar-refractivity contribution in [3.8, 4) is 0 Å². The van der Waals surface area contributed by atoms with Gasteiger partial charge in [-0.2, -0.15) is 12.7 Å². The molecule has 8 nitrogen and oxygen atoms in total. The largest absolute Gasteiger partial charge is 0.480 e. The van der Waals surface area contributed by atoms with E-state index in [4.69, 9.17) is 9.84 Å². The monoisotopic (exact) mass is 281 g/mol. The summed E-state index contributed by atoms with van der Waals surface area (Å²) in [7, 11) is -4.41. The molecule has 1 N–H and O–H groups in total. The van der Waals surface area contributed by atoms with E-state index in [2.05, 4.69) is 4.18 Å². The van der Waals surface area contributed by atoms with Crippen LogP contribution in [0.1, 0.15) is 27.2 Å². The lowest BCUT2D eigenvalue weighted by Crippen LogP contribution is -2.54. The maximum absolute atomic E-state index is 11.7. The quantitative estimate of drug-likeness (QED) is 0.737. The Morgan fingerprint density at radius 3 is 2.39 bits per heavy atom. The van der Waals surface area contributed by atoms with Gasteiger partial charge in [0.05, 0.1) is 6.61 Å². The Bertz CT molecular complexity index is 450. The lowest BCUT2D eigenvalue weighted by Gasteiger charge is -2.32. The molecule has 0 aromatic heterocycles. The van der Waals surface area contributed by atoms with Crippen LogP contribution in [0, 0.1) is 0 Å². The molecule has 104 valence electrons. The van der Waals surface area contributed by atoms with Crippen LogP contribution < -0.4 is 0 Å². The van der Waals surface area contributed by atoms with E-state index in [0.29, 0.717) is 0 Å². The number of ether oxygens (including phenoxy) is 1. The zero-order valence-electron chi connectivity index (χ0n) is 10.2. The molecule has 0 aromatic carbocycles. The van der Waals surface area contributed by atoms with Gasteiger partial charge in [0.1, 0.15) is 5.60 Å². The zero-order chi connectivity index (χ0) is 14.1. The smallest absolute Gasteiger partial charge is 0.426 e. The molecule has 1 aliphatic heterocycles. The summed E-state index contributed by atoms with van der Waals surface area (Å²) < 4.78 is 32.5. The summed E-state index contributed by atoms with van der Waals surface area (Å²) in [6.07, 6.45) is -1.37. The Hall–Kier alpha value is -1.35. The summed E-state index contributed by atoms with van der Waals surface area (Å²) in [5, 5.41) is 8.92. The van der Waals surface area contributed by atoms with Crippen molar-refractivity contribution in [1.82, 2.24) is 4.31 Å². The number of hydrogen-bond donors (Lipinski definition) is 1. The molecule has 0 unspecified atom stereocenters. The summed E-state index contributed by atoms with van der Waals surface area (Å²) >= 11 is 0. The zero-order valence-corrected chi connectivity index (χ0v) is 11.1. The van der Waals surface area contributed by atoms with Crippen LogP contribution >= 0.6 is 0 Å². The SMILES string of the molecule is CC(C)(C)OC(=O)N1[C@H](C(=O)O)CCOS1(=O)=O. The van der Waals surface area contributed by atoms with Crippen LogP contribution in [0.2, 0.25) is 0 Å². The molecule has 9 heteroatoms. The first-order valence-electron chi connectivity index (χ1n) is 5.19. The summed E-state index contributed by atoms with van der Waals surface area (Å²) in [6.45, 7) is 4.34. The van der Waals surface area contributed by atoms with Crippen LogP contribution in [-0.2, 0) is 24.0 Å². The van der Waals surface area contributed by atoms with Gasteiger partial charge in [0.25, 0.3) is 0 Å². The normalized spacial score (nSPS) is 23.5. The molecule has 0 saturated carbocycles. The van der Waals surface area contributed by atoms with Crippen LogP contribution in [-0.4, -0.2) is 48.1 Å². The molecule has 1 aliphatic rings. The number of nitrogens with zero attached hydrogens (tertiary/aromatic N) is 1. The number of rotatable bonds is 1. The van der Waals surface area contributed by atoms with E-state index in [1.54, 1.807) is 0 Å². The highest BCUT2D eigenvalue weighted by molar-refractivity contribution is 7.85. The molecule has 1 rings (SSSR count). The Morgan fingerprint density at radius 1 is 1.39 bits per heavy atom. The Labute approximate surface area is 105 Å². The predicted molar refractivity (Wildman–Crippen MR) is 59.0 cm³/mol. The molecule has 1 atom stereocenters. The minimum atomic E-state index is -4.41. The molecule has 1 amide bonds. The molecule has 0 aliphatic carbocycles. The number of carbonyl (C=O) groups excluding carboxylic acids is 1. The topological polar surface area (TPSA) is 110 Å². The van der Waals surface area contributed by atoms with Crippen molar-refractivity contribution in [2.24, 2.45) is 0 Å². The molecule has 0 radical (unpaired) electrons. The Balaban J connectivity index is 3.05. The van der Waals surface area contributed by atoms with Crippen molar-refractivity contribution in [2.75, 3.05) is 6.61 Å². The lowest BCUT2D eigenvalue weighted by molar-refractivity contribution is -0.142. The number of carboxylic acids is 1.